The third-order valence-electron chi connectivity index (χ3n) is 6.32. The molecule has 1 fully saturated rings. The molecule has 3 heterocycles. The molecule has 1 saturated heterocycles. The molecule has 9 heteroatoms. The van der Waals surface area contributed by atoms with Gasteiger partial charge in [0.15, 0.2) is 0 Å². The molecule has 0 amide bonds. The van der Waals surface area contributed by atoms with E-state index >= 15 is 0 Å². The quantitative estimate of drug-likeness (QED) is 0.472. The molecule has 0 unspecified atom stereocenters. The maximum absolute atomic E-state index is 13.1. The highest BCUT2D eigenvalue weighted by Crippen LogP contribution is 2.40. The molecule has 1 aliphatic carbocycles. The molecule has 0 bridgehead atoms. The number of benzene rings is 1. The molecule has 0 radical (unpaired) electrons. The maximum atomic E-state index is 13.1. The lowest BCUT2D eigenvalue weighted by molar-refractivity contribution is 0.384. The van der Waals surface area contributed by atoms with E-state index in [1.54, 1.807) is 28.6 Å². The summed E-state index contributed by atoms with van der Waals surface area (Å²) in [6.45, 7) is 6.41. The maximum Gasteiger partial charge on any atom is 0.243 e. The Morgan fingerprint density at radius 3 is 2.38 bits per heavy atom. The molecule has 0 N–H and O–H groups in total. The Morgan fingerprint density at radius 2 is 1.69 bits per heavy atom. The summed E-state index contributed by atoms with van der Waals surface area (Å²) >= 11 is 5.20. The molecule has 0 spiro atoms. The lowest BCUT2D eigenvalue weighted by Gasteiger charge is -2.35. The largest absolute Gasteiger partial charge is 0.353 e. The van der Waals surface area contributed by atoms with E-state index in [1.165, 1.54) is 28.7 Å². The standard InChI is InChI=1S/C23H27BrN4O2S2/c1-15(2)21-25-22(20-18-5-3-4-6-19(18)31-23(20)26-21)27-11-13-28(14-12-27)32(29,30)17-9-7-16(24)8-10-17/h7-10,15H,3-6,11-14H2,1-2H3. The van der Waals surface area contributed by atoms with Crippen LogP contribution in [0.4, 0.5) is 5.82 Å². The number of anilines is 1. The molecule has 6 nitrogen and oxygen atoms in total. The highest BCUT2D eigenvalue weighted by molar-refractivity contribution is 9.10. The average molecular weight is 536 g/mol. The Balaban J connectivity index is 1.46. The van der Waals surface area contributed by atoms with E-state index in [9.17, 15) is 8.42 Å². The number of piperazine rings is 1. The topological polar surface area (TPSA) is 66.4 Å². The molecule has 32 heavy (non-hydrogen) atoms. The second-order valence-corrected chi connectivity index (χ2v) is 12.7. The molecule has 170 valence electrons. The first-order valence-corrected chi connectivity index (χ1v) is 14.2. The van der Waals surface area contributed by atoms with Crippen LogP contribution in [0, 0.1) is 0 Å². The molecule has 1 aromatic carbocycles. The zero-order chi connectivity index (χ0) is 22.5. The molecule has 0 atom stereocenters. The number of thiophene rings is 1. The van der Waals surface area contributed by atoms with Gasteiger partial charge in [0.25, 0.3) is 0 Å². The first kappa shape index (κ1) is 22.3. The minimum Gasteiger partial charge on any atom is -0.353 e. The number of aromatic nitrogens is 2. The summed E-state index contributed by atoms with van der Waals surface area (Å²) < 4.78 is 28.7. The lowest BCUT2D eigenvalue weighted by Crippen LogP contribution is -2.49. The van der Waals surface area contributed by atoms with Crippen LogP contribution in [0.1, 0.15) is 48.9 Å². The molecule has 3 aromatic rings. The number of aryl methyl sites for hydroxylation is 2. The van der Waals surface area contributed by atoms with Crippen molar-refractivity contribution in [1.29, 1.82) is 0 Å². The fourth-order valence-corrected chi connectivity index (χ4v) is 7.49. The van der Waals surface area contributed by atoms with E-state index in [4.69, 9.17) is 9.97 Å². The molecule has 2 aromatic heterocycles. The number of nitrogens with zero attached hydrogens (tertiary/aromatic N) is 4. The van der Waals surface area contributed by atoms with Gasteiger partial charge in [-0.05, 0) is 55.5 Å². The Kier molecular flexibility index (Phi) is 6.03. The summed E-state index contributed by atoms with van der Waals surface area (Å²) in [7, 11) is -3.50. The van der Waals surface area contributed by atoms with Crippen LogP contribution in [0.15, 0.2) is 33.6 Å². The Hall–Kier alpha value is -1.55. The minimum absolute atomic E-state index is 0.247. The van der Waals surface area contributed by atoms with Crippen molar-refractivity contribution in [2.75, 3.05) is 31.1 Å². The molecular formula is C23H27BrN4O2S2. The van der Waals surface area contributed by atoms with Gasteiger partial charge >= 0.3 is 0 Å². The predicted molar refractivity (Wildman–Crippen MR) is 133 cm³/mol. The number of hydrogen-bond acceptors (Lipinski definition) is 6. The SMILES string of the molecule is CC(C)c1nc(N2CCN(S(=O)(=O)c3ccc(Br)cc3)CC2)c2c3c(sc2n1)CCCC3. The van der Waals surface area contributed by atoms with Crippen LogP contribution in [0.2, 0.25) is 0 Å². The van der Waals surface area contributed by atoms with Crippen LogP contribution in [-0.4, -0.2) is 48.9 Å². The third kappa shape index (κ3) is 3.97. The highest BCUT2D eigenvalue weighted by Gasteiger charge is 2.31. The Bertz CT molecular complexity index is 1250. The van der Waals surface area contributed by atoms with Crippen molar-refractivity contribution < 1.29 is 8.42 Å². The van der Waals surface area contributed by atoms with Crippen LogP contribution < -0.4 is 4.90 Å². The van der Waals surface area contributed by atoms with E-state index in [0.717, 1.165) is 33.8 Å². The van der Waals surface area contributed by atoms with E-state index < -0.39 is 10.0 Å². The normalized spacial score (nSPS) is 17.8. The molecular weight excluding hydrogens is 508 g/mol. The number of rotatable bonds is 4. The van der Waals surface area contributed by atoms with Gasteiger partial charge in [0.05, 0.1) is 10.3 Å². The summed E-state index contributed by atoms with van der Waals surface area (Å²) in [6, 6.07) is 6.86. The van der Waals surface area contributed by atoms with E-state index in [0.29, 0.717) is 31.1 Å². The van der Waals surface area contributed by atoms with Gasteiger partial charge in [0.1, 0.15) is 16.5 Å². The van der Waals surface area contributed by atoms with Crippen LogP contribution in [0.3, 0.4) is 0 Å². The van der Waals surface area contributed by atoms with Gasteiger partial charge in [0.2, 0.25) is 10.0 Å². The minimum atomic E-state index is -3.50. The third-order valence-corrected chi connectivity index (χ3v) is 9.95. The highest BCUT2D eigenvalue weighted by atomic mass is 79.9. The lowest BCUT2D eigenvalue weighted by atomic mass is 9.96. The molecule has 0 saturated carbocycles. The van der Waals surface area contributed by atoms with Crippen LogP contribution in [-0.2, 0) is 22.9 Å². The monoisotopic (exact) mass is 534 g/mol. The van der Waals surface area contributed by atoms with Crippen molar-refractivity contribution in [3.8, 4) is 0 Å². The van der Waals surface area contributed by atoms with E-state index in [-0.39, 0.29) is 5.92 Å². The van der Waals surface area contributed by atoms with Gasteiger partial charge in [0, 0.05) is 41.4 Å². The predicted octanol–water partition coefficient (Wildman–Crippen LogP) is 4.97. The second kappa shape index (κ2) is 8.66. The zero-order valence-corrected chi connectivity index (χ0v) is 21.6. The Morgan fingerprint density at radius 1 is 1.00 bits per heavy atom. The van der Waals surface area contributed by atoms with Crippen LogP contribution in [0.25, 0.3) is 10.2 Å². The fourth-order valence-electron chi connectivity index (χ4n) is 4.54. The molecule has 1 aliphatic heterocycles. The average Bonchev–Trinajstić information content (AvgIpc) is 3.17. The fraction of sp³-hybridized carbons (Fsp3) is 0.478. The van der Waals surface area contributed by atoms with Crippen LogP contribution >= 0.6 is 27.3 Å². The van der Waals surface area contributed by atoms with Gasteiger partial charge in [-0.1, -0.05) is 29.8 Å². The smallest absolute Gasteiger partial charge is 0.243 e. The number of fused-ring (bicyclic) bond motifs is 3. The van der Waals surface area contributed by atoms with Crippen molar-refractivity contribution in [2.24, 2.45) is 0 Å². The summed E-state index contributed by atoms with van der Waals surface area (Å²) in [6.07, 6.45) is 4.67. The zero-order valence-electron chi connectivity index (χ0n) is 18.3. The summed E-state index contributed by atoms with van der Waals surface area (Å²) in [5.41, 5.74) is 1.42. The van der Waals surface area contributed by atoms with E-state index in [2.05, 4.69) is 34.7 Å². The first-order valence-electron chi connectivity index (χ1n) is 11.2. The van der Waals surface area contributed by atoms with E-state index in [1.807, 2.05) is 11.3 Å². The van der Waals surface area contributed by atoms with Gasteiger partial charge in [-0.15, -0.1) is 11.3 Å². The van der Waals surface area contributed by atoms with Gasteiger partial charge in [-0.3, -0.25) is 0 Å². The second-order valence-electron chi connectivity index (χ2n) is 8.80. The number of sulfonamides is 1. The van der Waals surface area contributed by atoms with Gasteiger partial charge in [-0.2, -0.15) is 4.31 Å². The molecule has 5 rings (SSSR count). The van der Waals surface area contributed by atoms with Crippen molar-refractivity contribution >= 4 is 53.3 Å². The van der Waals surface area contributed by atoms with Gasteiger partial charge in [-0.25, -0.2) is 18.4 Å². The number of halogens is 1. The van der Waals surface area contributed by atoms with Crippen molar-refractivity contribution in [2.45, 2.75) is 50.3 Å². The summed E-state index contributed by atoms with van der Waals surface area (Å²) in [5, 5.41) is 1.21. The molecule has 2 aliphatic rings. The summed E-state index contributed by atoms with van der Waals surface area (Å²) in [5.74, 6) is 2.12. The van der Waals surface area contributed by atoms with Crippen LogP contribution in [0.5, 0.6) is 0 Å². The first-order chi connectivity index (χ1) is 15.3. The van der Waals surface area contributed by atoms with Crippen molar-refractivity contribution in [1.82, 2.24) is 14.3 Å². The summed E-state index contributed by atoms with van der Waals surface area (Å²) in [4.78, 5) is 15.1. The van der Waals surface area contributed by atoms with Gasteiger partial charge < -0.3 is 4.90 Å². The van der Waals surface area contributed by atoms with Crippen molar-refractivity contribution in [3.63, 3.8) is 0 Å². The number of hydrogen-bond donors (Lipinski definition) is 0. The Labute approximate surface area is 201 Å². The van der Waals surface area contributed by atoms with Crippen molar-refractivity contribution in [3.05, 3.63) is 45.0 Å².